The van der Waals surface area contributed by atoms with Gasteiger partial charge in [-0.05, 0) is 36.8 Å². The number of carbonyl (C=O) groups excluding carboxylic acids is 3. The van der Waals surface area contributed by atoms with Crippen molar-refractivity contribution >= 4 is 40.9 Å². The van der Waals surface area contributed by atoms with Crippen LogP contribution in [0.4, 0.5) is 11.4 Å². The minimum atomic E-state index is -1.19. The number of benzene rings is 3. The van der Waals surface area contributed by atoms with Crippen molar-refractivity contribution in [2.45, 2.75) is 29.6 Å². The topological polar surface area (TPSA) is 93.7 Å². The van der Waals surface area contributed by atoms with E-state index in [1.807, 2.05) is 43.3 Å². The van der Waals surface area contributed by atoms with E-state index >= 15 is 0 Å². The SMILES string of the molecule is COc1ccc(C)cc1NC(=O)[C@H](OC(=O)C[C@@H]1Sc2ccccc2NC1=O)c1ccccc1. The Balaban J connectivity index is 1.51. The molecule has 2 amide bonds. The monoisotopic (exact) mass is 476 g/mol. The number of nitrogens with one attached hydrogen (secondary N) is 2. The van der Waals surface area contributed by atoms with Gasteiger partial charge in [0.05, 0.1) is 30.2 Å². The average Bonchev–Trinajstić information content (AvgIpc) is 2.83. The summed E-state index contributed by atoms with van der Waals surface area (Å²) in [4.78, 5) is 39.5. The number of rotatable bonds is 7. The molecule has 34 heavy (non-hydrogen) atoms. The molecule has 0 unspecified atom stereocenters. The molecule has 174 valence electrons. The smallest absolute Gasteiger partial charge is 0.308 e. The van der Waals surface area contributed by atoms with E-state index in [-0.39, 0.29) is 12.3 Å². The third-order valence-electron chi connectivity index (χ3n) is 5.26. The highest BCUT2D eigenvalue weighted by Gasteiger charge is 2.32. The molecule has 3 aromatic rings. The minimum absolute atomic E-state index is 0.171. The molecular formula is C26H24N2O5S. The van der Waals surface area contributed by atoms with E-state index in [1.54, 1.807) is 36.4 Å². The summed E-state index contributed by atoms with van der Waals surface area (Å²) in [5.74, 6) is -0.946. The first-order valence-corrected chi connectivity index (χ1v) is 11.6. The maximum atomic E-state index is 13.2. The maximum Gasteiger partial charge on any atom is 0.308 e. The van der Waals surface area contributed by atoms with Crippen LogP contribution in [0.3, 0.4) is 0 Å². The van der Waals surface area contributed by atoms with E-state index in [4.69, 9.17) is 9.47 Å². The van der Waals surface area contributed by atoms with Crippen LogP contribution in [0.25, 0.3) is 0 Å². The molecule has 4 rings (SSSR count). The zero-order valence-electron chi connectivity index (χ0n) is 18.7. The third-order valence-corrected chi connectivity index (χ3v) is 6.54. The van der Waals surface area contributed by atoms with Gasteiger partial charge in [-0.3, -0.25) is 14.4 Å². The van der Waals surface area contributed by atoms with Crippen LogP contribution in [0.5, 0.6) is 5.75 Å². The third kappa shape index (κ3) is 5.40. The minimum Gasteiger partial charge on any atom is -0.495 e. The first kappa shape index (κ1) is 23.4. The molecule has 2 atom stereocenters. The van der Waals surface area contributed by atoms with Crippen molar-refractivity contribution in [3.8, 4) is 5.75 Å². The molecule has 1 aliphatic heterocycles. The van der Waals surface area contributed by atoms with Gasteiger partial charge >= 0.3 is 5.97 Å². The van der Waals surface area contributed by atoms with Crippen LogP contribution in [-0.4, -0.2) is 30.1 Å². The summed E-state index contributed by atoms with van der Waals surface area (Å²) in [6, 6.07) is 21.6. The number of esters is 1. The Kier molecular flexibility index (Phi) is 7.18. The summed E-state index contributed by atoms with van der Waals surface area (Å²) in [6.45, 7) is 1.90. The zero-order chi connectivity index (χ0) is 24.1. The van der Waals surface area contributed by atoms with Crippen LogP contribution in [0, 0.1) is 6.92 Å². The fourth-order valence-electron chi connectivity index (χ4n) is 3.58. The van der Waals surface area contributed by atoms with E-state index in [1.165, 1.54) is 18.9 Å². The molecule has 2 N–H and O–H groups in total. The van der Waals surface area contributed by atoms with Crippen LogP contribution in [0.1, 0.15) is 23.7 Å². The number of carbonyl (C=O) groups is 3. The maximum absolute atomic E-state index is 13.2. The van der Waals surface area contributed by atoms with Gasteiger partial charge < -0.3 is 20.1 Å². The largest absolute Gasteiger partial charge is 0.495 e. The lowest BCUT2D eigenvalue weighted by Crippen LogP contribution is -2.33. The second-order valence-corrected chi connectivity index (χ2v) is 9.01. The fourth-order valence-corrected chi connectivity index (χ4v) is 4.67. The first-order chi connectivity index (χ1) is 16.4. The molecule has 0 aliphatic carbocycles. The molecule has 7 nitrogen and oxygen atoms in total. The van der Waals surface area contributed by atoms with E-state index in [0.717, 1.165) is 16.1 Å². The number of hydrogen-bond donors (Lipinski definition) is 2. The number of anilines is 2. The van der Waals surface area contributed by atoms with Crippen molar-refractivity contribution in [1.29, 1.82) is 0 Å². The van der Waals surface area contributed by atoms with E-state index in [9.17, 15) is 14.4 Å². The second-order valence-electron chi connectivity index (χ2n) is 7.77. The lowest BCUT2D eigenvalue weighted by Gasteiger charge is -2.24. The standard InChI is InChI=1S/C26H24N2O5S/c1-16-12-13-20(32-2)19(14-16)28-26(31)24(17-8-4-3-5-9-17)33-23(29)15-22-25(30)27-18-10-6-7-11-21(18)34-22/h3-14,22,24H,15H2,1-2H3,(H,27,30)(H,28,31)/t22-,24+/m0/s1. The van der Waals surface area contributed by atoms with Gasteiger partial charge in [0.25, 0.3) is 5.91 Å². The Morgan fingerprint density at radius 1 is 1.06 bits per heavy atom. The molecule has 1 heterocycles. The van der Waals surface area contributed by atoms with Crippen LogP contribution < -0.4 is 15.4 Å². The average molecular weight is 477 g/mol. The molecular weight excluding hydrogens is 452 g/mol. The van der Waals surface area contributed by atoms with Crippen molar-refractivity contribution in [2.75, 3.05) is 17.7 Å². The summed E-state index contributed by atoms with van der Waals surface area (Å²) >= 11 is 1.30. The number of amides is 2. The summed E-state index contributed by atoms with van der Waals surface area (Å²) in [6.07, 6.45) is -1.36. The summed E-state index contributed by atoms with van der Waals surface area (Å²) in [7, 11) is 1.51. The van der Waals surface area contributed by atoms with Gasteiger partial charge in [-0.15, -0.1) is 11.8 Å². The van der Waals surface area contributed by atoms with Gasteiger partial charge in [0, 0.05) is 10.5 Å². The molecule has 0 radical (unpaired) electrons. The summed E-state index contributed by atoms with van der Waals surface area (Å²) < 4.78 is 11.0. The van der Waals surface area contributed by atoms with Crippen molar-refractivity contribution in [1.82, 2.24) is 0 Å². The Bertz CT molecular complexity index is 1210. The molecule has 0 bridgehead atoms. The molecule has 1 aliphatic rings. The van der Waals surface area contributed by atoms with Gasteiger partial charge in [-0.1, -0.05) is 48.5 Å². The molecule has 0 saturated heterocycles. The van der Waals surface area contributed by atoms with Crippen LogP contribution in [0.15, 0.2) is 77.7 Å². The predicted molar refractivity (Wildman–Crippen MR) is 131 cm³/mol. The van der Waals surface area contributed by atoms with Gasteiger partial charge in [0.1, 0.15) is 5.75 Å². The van der Waals surface area contributed by atoms with E-state index in [2.05, 4.69) is 10.6 Å². The van der Waals surface area contributed by atoms with Crippen LogP contribution >= 0.6 is 11.8 Å². The fraction of sp³-hybridized carbons (Fsp3) is 0.192. The van der Waals surface area contributed by atoms with Crippen LogP contribution in [0.2, 0.25) is 0 Å². The lowest BCUT2D eigenvalue weighted by atomic mass is 10.1. The normalized spacial score (nSPS) is 15.5. The van der Waals surface area contributed by atoms with Gasteiger partial charge in [0.2, 0.25) is 12.0 Å². The van der Waals surface area contributed by atoms with Crippen molar-refractivity contribution in [2.24, 2.45) is 0 Å². The highest BCUT2D eigenvalue weighted by atomic mass is 32.2. The van der Waals surface area contributed by atoms with Crippen molar-refractivity contribution in [3.63, 3.8) is 0 Å². The quantitative estimate of drug-likeness (QED) is 0.479. The predicted octanol–water partition coefficient (Wildman–Crippen LogP) is 4.73. The number of hydrogen-bond acceptors (Lipinski definition) is 6. The highest BCUT2D eigenvalue weighted by molar-refractivity contribution is 8.01. The van der Waals surface area contributed by atoms with Gasteiger partial charge in [-0.2, -0.15) is 0 Å². The Hall–Kier alpha value is -3.78. The number of thioether (sulfide) groups is 1. The number of para-hydroxylation sites is 1. The molecule has 8 heteroatoms. The number of fused-ring (bicyclic) bond motifs is 1. The Labute approximate surface area is 201 Å². The Morgan fingerprint density at radius 3 is 2.56 bits per heavy atom. The number of methoxy groups -OCH3 is 1. The molecule has 0 fully saturated rings. The number of ether oxygens (including phenoxy) is 2. The van der Waals surface area contributed by atoms with E-state index in [0.29, 0.717) is 17.0 Å². The lowest BCUT2D eigenvalue weighted by molar-refractivity contribution is -0.155. The van der Waals surface area contributed by atoms with Crippen LogP contribution in [-0.2, 0) is 19.1 Å². The molecule has 0 saturated carbocycles. The summed E-state index contributed by atoms with van der Waals surface area (Å²) in [5, 5.41) is 4.97. The zero-order valence-corrected chi connectivity index (χ0v) is 19.6. The molecule has 3 aromatic carbocycles. The molecule has 0 aromatic heterocycles. The van der Waals surface area contributed by atoms with Crippen molar-refractivity contribution < 1.29 is 23.9 Å². The van der Waals surface area contributed by atoms with Gasteiger partial charge in [0.15, 0.2) is 0 Å². The number of aryl methyl sites for hydroxylation is 1. The summed E-state index contributed by atoms with van der Waals surface area (Å²) in [5.41, 5.74) is 2.65. The first-order valence-electron chi connectivity index (χ1n) is 10.7. The second kappa shape index (κ2) is 10.4. The van der Waals surface area contributed by atoms with E-state index < -0.39 is 23.2 Å². The highest BCUT2D eigenvalue weighted by Crippen LogP contribution is 2.37. The molecule has 0 spiro atoms. The van der Waals surface area contributed by atoms with Crippen molar-refractivity contribution in [3.05, 3.63) is 83.9 Å². The Morgan fingerprint density at radius 2 is 1.79 bits per heavy atom. The van der Waals surface area contributed by atoms with Gasteiger partial charge in [-0.25, -0.2) is 0 Å².